The van der Waals surface area contributed by atoms with Crippen LogP contribution in [0.25, 0.3) is 0 Å². The van der Waals surface area contributed by atoms with Crippen molar-refractivity contribution in [1.29, 1.82) is 0 Å². The molecule has 0 saturated carbocycles. The second kappa shape index (κ2) is 4.79. The van der Waals surface area contributed by atoms with Crippen LogP contribution in [0, 0.1) is 0 Å². The standard InChI is InChI=1S/C10H16N2O2/c1-3-5-7-6-8(9(11)12-7)10(13)14-4-2/h3-6,11H2,1-2H3. The summed E-state index contributed by atoms with van der Waals surface area (Å²) in [6.45, 7) is 4.22. The first-order valence-electron chi connectivity index (χ1n) is 4.91. The number of nitrogens with two attached hydrogens (primary N) is 1. The lowest BCUT2D eigenvalue weighted by atomic mass is 10.1. The zero-order valence-corrected chi connectivity index (χ0v) is 8.67. The van der Waals surface area contributed by atoms with Crippen LogP contribution in [0.4, 0.5) is 0 Å². The molecule has 0 spiro atoms. The molecule has 2 N–H and O–H groups in total. The zero-order valence-electron chi connectivity index (χ0n) is 8.67. The highest BCUT2D eigenvalue weighted by Gasteiger charge is 2.22. The van der Waals surface area contributed by atoms with Crippen LogP contribution in [-0.2, 0) is 9.53 Å². The van der Waals surface area contributed by atoms with Crippen LogP contribution in [0.15, 0.2) is 16.4 Å². The predicted octanol–water partition coefficient (Wildman–Crippen LogP) is 1.36. The van der Waals surface area contributed by atoms with Gasteiger partial charge in [0.2, 0.25) is 0 Å². The van der Waals surface area contributed by atoms with Crippen molar-refractivity contribution in [2.24, 2.45) is 10.7 Å². The predicted molar refractivity (Wildman–Crippen MR) is 54.8 cm³/mol. The van der Waals surface area contributed by atoms with Gasteiger partial charge < -0.3 is 10.5 Å². The summed E-state index contributed by atoms with van der Waals surface area (Å²) in [7, 11) is 0. The lowest BCUT2D eigenvalue weighted by Crippen LogP contribution is -2.11. The Bertz CT molecular complexity index is 292. The summed E-state index contributed by atoms with van der Waals surface area (Å²) in [6.07, 6.45) is 2.46. The third-order valence-electron chi connectivity index (χ3n) is 2.03. The normalized spacial score (nSPS) is 15.7. The number of rotatable bonds is 4. The first-order chi connectivity index (χ1) is 6.69. The molecule has 0 aromatic rings. The molecule has 1 aliphatic heterocycles. The summed E-state index contributed by atoms with van der Waals surface area (Å²) in [5, 5.41) is 0. The number of ether oxygens (including phenoxy) is 1. The zero-order chi connectivity index (χ0) is 10.6. The van der Waals surface area contributed by atoms with E-state index in [0.717, 1.165) is 18.6 Å². The smallest absolute Gasteiger partial charge is 0.338 e. The van der Waals surface area contributed by atoms with Crippen LogP contribution < -0.4 is 5.73 Å². The Hall–Kier alpha value is -1.32. The van der Waals surface area contributed by atoms with E-state index in [2.05, 4.69) is 11.9 Å². The minimum atomic E-state index is -0.333. The van der Waals surface area contributed by atoms with Gasteiger partial charge in [-0.1, -0.05) is 13.3 Å². The van der Waals surface area contributed by atoms with Crippen molar-refractivity contribution < 1.29 is 9.53 Å². The number of aliphatic imine (C=N–C) groups is 1. The van der Waals surface area contributed by atoms with E-state index in [1.54, 1.807) is 6.92 Å². The molecule has 0 radical (unpaired) electrons. The molecule has 0 saturated heterocycles. The van der Waals surface area contributed by atoms with Crippen LogP contribution in [0.3, 0.4) is 0 Å². The van der Waals surface area contributed by atoms with Crippen molar-refractivity contribution >= 4 is 11.7 Å². The number of hydrogen-bond donors (Lipinski definition) is 1. The highest BCUT2D eigenvalue weighted by molar-refractivity contribution is 6.01. The molecule has 0 atom stereocenters. The number of esters is 1. The number of nitrogens with zero attached hydrogens (tertiary/aromatic N) is 1. The molecule has 0 aromatic carbocycles. The van der Waals surface area contributed by atoms with Gasteiger partial charge in [0, 0.05) is 12.1 Å². The van der Waals surface area contributed by atoms with Crippen LogP contribution in [0.1, 0.15) is 33.1 Å². The van der Waals surface area contributed by atoms with E-state index in [9.17, 15) is 4.79 Å². The van der Waals surface area contributed by atoms with E-state index in [1.807, 2.05) is 0 Å². The van der Waals surface area contributed by atoms with Crippen molar-refractivity contribution in [3.63, 3.8) is 0 Å². The second-order valence-corrected chi connectivity index (χ2v) is 3.19. The van der Waals surface area contributed by atoms with Gasteiger partial charge in [-0.05, 0) is 13.3 Å². The van der Waals surface area contributed by atoms with Gasteiger partial charge in [-0.2, -0.15) is 0 Å². The molecule has 1 aliphatic rings. The Morgan fingerprint density at radius 1 is 1.57 bits per heavy atom. The lowest BCUT2D eigenvalue weighted by molar-refractivity contribution is -0.138. The fourth-order valence-electron chi connectivity index (χ4n) is 1.40. The molecule has 78 valence electrons. The van der Waals surface area contributed by atoms with Crippen LogP contribution in [0.5, 0.6) is 0 Å². The fourth-order valence-corrected chi connectivity index (χ4v) is 1.40. The monoisotopic (exact) mass is 196 g/mol. The molecule has 14 heavy (non-hydrogen) atoms. The third-order valence-corrected chi connectivity index (χ3v) is 2.03. The van der Waals surface area contributed by atoms with Gasteiger partial charge in [-0.25, -0.2) is 9.79 Å². The molecule has 4 nitrogen and oxygen atoms in total. The summed E-state index contributed by atoms with van der Waals surface area (Å²) in [6, 6.07) is 0. The molecule has 4 heteroatoms. The minimum absolute atomic E-state index is 0.326. The number of carbonyl (C=O) groups is 1. The van der Waals surface area contributed by atoms with E-state index >= 15 is 0 Å². The van der Waals surface area contributed by atoms with Crippen molar-refractivity contribution in [2.75, 3.05) is 6.61 Å². The molecular formula is C10H16N2O2. The summed E-state index contributed by atoms with van der Waals surface area (Å²) in [5.74, 6) is -0.00764. The first kappa shape index (κ1) is 10.8. The molecule has 0 amide bonds. The Morgan fingerprint density at radius 2 is 2.29 bits per heavy atom. The average molecular weight is 196 g/mol. The average Bonchev–Trinajstić information content (AvgIpc) is 2.48. The van der Waals surface area contributed by atoms with Gasteiger partial charge in [0.05, 0.1) is 12.2 Å². The highest BCUT2D eigenvalue weighted by atomic mass is 16.5. The largest absolute Gasteiger partial charge is 0.463 e. The molecule has 0 fully saturated rings. The molecule has 0 bridgehead atoms. The van der Waals surface area contributed by atoms with Crippen LogP contribution in [0.2, 0.25) is 0 Å². The van der Waals surface area contributed by atoms with E-state index in [1.165, 1.54) is 0 Å². The van der Waals surface area contributed by atoms with Gasteiger partial charge in [0.25, 0.3) is 0 Å². The van der Waals surface area contributed by atoms with Crippen molar-refractivity contribution in [3.8, 4) is 0 Å². The van der Waals surface area contributed by atoms with Crippen molar-refractivity contribution in [2.45, 2.75) is 33.1 Å². The highest BCUT2D eigenvalue weighted by Crippen LogP contribution is 2.19. The Kier molecular flexibility index (Phi) is 3.68. The first-order valence-corrected chi connectivity index (χ1v) is 4.91. The number of hydrogen-bond acceptors (Lipinski definition) is 4. The molecule has 1 rings (SSSR count). The maximum absolute atomic E-state index is 11.4. The van der Waals surface area contributed by atoms with Crippen molar-refractivity contribution in [3.05, 3.63) is 11.4 Å². The summed E-state index contributed by atoms with van der Waals surface area (Å²) < 4.78 is 4.87. The lowest BCUT2D eigenvalue weighted by Gasteiger charge is -2.02. The Balaban J connectivity index is 2.60. The molecule has 0 aromatic heterocycles. The van der Waals surface area contributed by atoms with Gasteiger partial charge in [-0.3, -0.25) is 0 Å². The molecule has 0 unspecified atom stereocenters. The summed E-state index contributed by atoms with van der Waals surface area (Å²) in [4.78, 5) is 15.5. The van der Waals surface area contributed by atoms with Gasteiger partial charge in [0.15, 0.2) is 0 Å². The van der Waals surface area contributed by atoms with Gasteiger partial charge >= 0.3 is 5.97 Å². The Morgan fingerprint density at radius 3 is 2.86 bits per heavy atom. The van der Waals surface area contributed by atoms with Crippen LogP contribution >= 0.6 is 0 Å². The van der Waals surface area contributed by atoms with E-state index in [0.29, 0.717) is 24.4 Å². The van der Waals surface area contributed by atoms with Gasteiger partial charge in [-0.15, -0.1) is 0 Å². The molecule has 0 aliphatic carbocycles. The quantitative estimate of drug-likeness (QED) is 0.690. The Labute approximate surface area is 83.8 Å². The van der Waals surface area contributed by atoms with E-state index < -0.39 is 0 Å². The van der Waals surface area contributed by atoms with E-state index in [-0.39, 0.29) is 5.97 Å². The maximum atomic E-state index is 11.4. The third kappa shape index (κ3) is 2.34. The van der Waals surface area contributed by atoms with E-state index in [4.69, 9.17) is 10.5 Å². The van der Waals surface area contributed by atoms with Crippen molar-refractivity contribution in [1.82, 2.24) is 0 Å². The minimum Gasteiger partial charge on any atom is -0.463 e. The maximum Gasteiger partial charge on any atom is 0.338 e. The molecular weight excluding hydrogens is 180 g/mol. The second-order valence-electron chi connectivity index (χ2n) is 3.19. The molecule has 1 heterocycles. The SMILES string of the molecule is CCCC1=NC(N)=C(C(=O)OCC)C1. The van der Waals surface area contributed by atoms with Gasteiger partial charge in [0.1, 0.15) is 5.82 Å². The summed E-state index contributed by atoms with van der Waals surface area (Å²) in [5.41, 5.74) is 7.11. The summed E-state index contributed by atoms with van der Waals surface area (Å²) >= 11 is 0. The number of carbonyl (C=O) groups excluding carboxylic acids is 1. The van der Waals surface area contributed by atoms with Crippen LogP contribution in [-0.4, -0.2) is 18.3 Å². The topological polar surface area (TPSA) is 64.7 Å². The fraction of sp³-hybridized carbons (Fsp3) is 0.600.